The van der Waals surface area contributed by atoms with E-state index in [0.29, 0.717) is 17.0 Å². The summed E-state index contributed by atoms with van der Waals surface area (Å²) in [5, 5.41) is 4.00. The van der Waals surface area contributed by atoms with Crippen molar-refractivity contribution < 1.29 is 27.8 Å². The van der Waals surface area contributed by atoms with Gasteiger partial charge < -0.3 is 14.2 Å². The molecule has 0 N–H and O–H groups in total. The lowest BCUT2D eigenvalue weighted by Gasteiger charge is -2.10. The number of benzene rings is 1. The van der Waals surface area contributed by atoms with Crippen LogP contribution in [0.5, 0.6) is 11.6 Å². The van der Waals surface area contributed by atoms with Crippen molar-refractivity contribution in [2.24, 2.45) is 0 Å². The molecule has 9 nitrogen and oxygen atoms in total. The number of aromatic nitrogens is 5. The summed E-state index contributed by atoms with van der Waals surface area (Å²) in [6.45, 7) is -2.77. The van der Waals surface area contributed by atoms with Crippen LogP contribution < -0.4 is 9.47 Å². The molecule has 0 atom stereocenters. The predicted molar refractivity (Wildman–Crippen MR) is 91.1 cm³/mol. The minimum atomic E-state index is -2.94. The molecular formula is C17H15F2N5O4. The largest absolute Gasteiger partial charge is 0.479 e. The third-order valence-electron chi connectivity index (χ3n) is 3.54. The minimum absolute atomic E-state index is 0.0132. The molecule has 11 heteroatoms. The predicted octanol–water partition coefficient (Wildman–Crippen LogP) is 2.18. The second-order valence-electron chi connectivity index (χ2n) is 5.38. The number of carbonyl (C=O) groups is 1. The standard InChI is InChI=1S/C17H15F2N5O4/c1-26-15-13(10-4-3-5-12(6-10)28-17(18)19)22-11(7-20-15)8-24-9-21-14(23-24)16(25)27-2/h3-7,9,17H,8H2,1-2H3. The second-order valence-corrected chi connectivity index (χ2v) is 5.38. The summed E-state index contributed by atoms with van der Waals surface area (Å²) in [5.41, 5.74) is 1.31. The number of esters is 1. The van der Waals surface area contributed by atoms with Crippen LogP contribution in [0.4, 0.5) is 8.78 Å². The third kappa shape index (κ3) is 4.37. The van der Waals surface area contributed by atoms with Crippen molar-refractivity contribution in [2.75, 3.05) is 14.2 Å². The fourth-order valence-corrected chi connectivity index (χ4v) is 2.37. The van der Waals surface area contributed by atoms with Gasteiger partial charge in [0.2, 0.25) is 5.88 Å². The Kier molecular flexibility index (Phi) is 5.72. The summed E-state index contributed by atoms with van der Waals surface area (Å²) >= 11 is 0. The van der Waals surface area contributed by atoms with Crippen LogP contribution in [0.25, 0.3) is 11.3 Å². The SMILES string of the molecule is COC(=O)c1ncn(Cc2cnc(OC)c(-c3cccc(OC(F)F)c3)n2)n1. The van der Waals surface area contributed by atoms with E-state index in [9.17, 15) is 13.6 Å². The van der Waals surface area contributed by atoms with Gasteiger partial charge >= 0.3 is 12.6 Å². The number of nitrogens with zero attached hydrogens (tertiary/aromatic N) is 5. The van der Waals surface area contributed by atoms with Gasteiger partial charge in [0.05, 0.1) is 32.7 Å². The molecule has 3 aromatic rings. The lowest BCUT2D eigenvalue weighted by Crippen LogP contribution is -2.08. The molecule has 3 rings (SSSR count). The highest BCUT2D eigenvalue weighted by Crippen LogP contribution is 2.29. The van der Waals surface area contributed by atoms with E-state index in [0.717, 1.165) is 0 Å². The van der Waals surface area contributed by atoms with Crippen molar-refractivity contribution >= 4 is 5.97 Å². The summed E-state index contributed by atoms with van der Waals surface area (Å²) in [5.74, 6) is -0.537. The number of ether oxygens (including phenoxy) is 3. The highest BCUT2D eigenvalue weighted by molar-refractivity contribution is 5.84. The summed E-state index contributed by atoms with van der Waals surface area (Å²) in [7, 11) is 2.66. The first-order chi connectivity index (χ1) is 13.5. The molecule has 146 valence electrons. The van der Waals surface area contributed by atoms with Gasteiger partial charge in [0.25, 0.3) is 5.82 Å². The molecule has 0 amide bonds. The Morgan fingerprint density at radius 3 is 2.79 bits per heavy atom. The lowest BCUT2D eigenvalue weighted by molar-refractivity contribution is -0.0498. The Hall–Kier alpha value is -3.63. The van der Waals surface area contributed by atoms with Crippen molar-refractivity contribution in [3.8, 4) is 22.9 Å². The average molecular weight is 391 g/mol. The maximum Gasteiger partial charge on any atom is 0.387 e. The van der Waals surface area contributed by atoms with Crippen molar-refractivity contribution in [3.05, 3.63) is 48.3 Å². The molecule has 0 aliphatic rings. The molecule has 0 radical (unpaired) electrons. The van der Waals surface area contributed by atoms with E-state index in [-0.39, 0.29) is 24.0 Å². The number of hydrogen-bond donors (Lipinski definition) is 0. The van der Waals surface area contributed by atoms with E-state index in [2.05, 4.69) is 29.5 Å². The molecule has 0 bridgehead atoms. The molecule has 0 aliphatic carbocycles. The number of halogens is 2. The number of alkyl halides is 2. The topological polar surface area (TPSA) is 101 Å². The van der Waals surface area contributed by atoms with Crippen LogP contribution in [0.2, 0.25) is 0 Å². The van der Waals surface area contributed by atoms with Crippen LogP contribution in [0.15, 0.2) is 36.8 Å². The van der Waals surface area contributed by atoms with Gasteiger partial charge in [-0.3, -0.25) is 0 Å². The molecule has 2 aromatic heterocycles. The van der Waals surface area contributed by atoms with Crippen molar-refractivity contribution in [1.82, 2.24) is 24.7 Å². The monoisotopic (exact) mass is 391 g/mol. The Morgan fingerprint density at radius 2 is 2.07 bits per heavy atom. The quantitative estimate of drug-likeness (QED) is 0.565. The van der Waals surface area contributed by atoms with Crippen molar-refractivity contribution in [1.29, 1.82) is 0 Å². The van der Waals surface area contributed by atoms with E-state index in [1.807, 2.05) is 0 Å². The zero-order chi connectivity index (χ0) is 20.1. The molecule has 28 heavy (non-hydrogen) atoms. The lowest BCUT2D eigenvalue weighted by atomic mass is 10.1. The number of carbonyl (C=O) groups excluding carboxylic acids is 1. The van der Waals surface area contributed by atoms with Gasteiger partial charge in [-0.25, -0.2) is 24.4 Å². The first-order valence-corrected chi connectivity index (χ1v) is 7.93. The van der Waals surface area contributed by atoms with E-state index in [1.54, 1.807) is 12.1 Å². The van der Waals surface area contributed by atoms with Crippen LogP contribution in [-0.4, -0.2) is 51.5 Å². The van der Waals surface area contributed by atoms with E-state index < -0.39 is 12.6 Å². The number of methoxy groups -OCH3 is 2. The summed E-state index contributed by atoms with van der Waals surface area (Å²) in [4.78, 5) is 24.0. The van der Waals surface area contributed by atoms with Crippen molar-refractivity contribution in [2.45, 2.75) is 13.2 Å². The fourth-order valence-electron chi connectivity index (χ4n) is 2.37. The van der Waals surface area contributed by atoms with Crippen LogP contribution in [0.3, 0.4) is 0 Å². The summed E-state index contributed by atoms with van der Waals surface area (Å²) < 4.78 is 40.5. The van der Waals surface area contributed by atoms with E-state index in [4.69, 9.17) is 4.74 Å². The second kappa shape index (κ2) is 8.37. The Morgan fingerprint density at radius 1 is 1.25 bits per heavy atom. The Bertz CT molecular complexity index is 980. The van der Waals surface area contributed by atoms with Crippen molar-refractivity contribution in [3.63, 3.8) is 0 Å². The van der Waals surface area contributed by atoms with Crippen LogP contribution in [0.1, 0.15) is 16.3 Å². The van der Waals surface area contributed by atoms with Gasteiger partial charge in [-0.1, -0.05) is 12.1 Å². The average Bonchev–Trinajstić information content (AvgIpc) is 3.15. The Labute approximate surface area is 157 Å². The molecule has 0 saturated heterocycles. The molecule has 1 aromatic carbocycles. The van der Waals surface area contributed by atoms with Crippen LogP contribution >= 0.6 is 0 Å². The smallest absolute Gasteiger partial charge is 0.387 e. The normalized spacial score (nSPS) is 10.8. The van der Waals surface area contributed by atoms with Gasteiger partial charge in [0.15, 0.2) is 0 Å². The van der Waals surface area contributed by atoms with Crippen LogP contribution in [-0.2, 0) is 11.3 Å². The zero-order valence-corrected chi connectivity index (χ0v) is 14.9. The highest BCUT2D eigenvalue weighted by atomic mass is 19.3. The molecule has 0 aliphatic heterocycles. The summed E-state index contributed by atoms with van der Waals surface area (Å²) in [6, 6.07) is 6.04. The van der Waals surface area contributed by atoms with Gasteiger partial charge in [-0.2, -0.15) is 8.78 Å². The van der Waals surface area contributed by atoms with Gasteiger partial charge in [0.1, 0.15) is 17.8 Å². The van der Waals surface area contributed by atoms with Gasteiger partial charge in [0, 0.05) is 5.56 Å². The van der Waals surface area contributed by atoms with E-state index >= 15 is 0 Å². The van der Waals surface area contributed by atoms with Gasteiger partial charge in [-0.15, -0.1) is 5.10 Å². The Balaban J connectivity index is 1.90. The zero-order valence-electron chi connectivity index (χ0n) is 14.9. The van der Waals surface area contributed by atoms with Gasteiger partial charge in [-0.05, 0) is 12.1 Å². The number of rotatable bonds is 7. The molecular weight excluding hydrogens is 376 g/mol. The first kappa shape index (κ1) is 19.1. The molecule has 0 saturated carbocycles. The minimum Gasteiger partial charge on any atom is -0.479 e. The highest BCUT2D eigenvalue weighted by Gasteiger charge is 2.15. The molecule has 0 unspecified atom stereocenters. The van der Waals surface area contributed by atoms with E-state index in [1.165, 1.54) is 43.6 Å². The molecule has 0 spiro atoms. The number of hydrogen-bond acceptors (Lipinski definition) is 8. The maximum atomic E-state index is 12.5. The fraction of sp³-hybridized carbons (Fsp3) is 0.235. The molecule has 2 heterocycles. The maximum absolute atomic E-state index is 12.5. The first-order valence-electron chi connectivity index (χ1n) is 7.93. The third-order valence-corrected chi connectivity index (χ3v) is 3.54. The summed E-state index contributed by atoms with van der Waals surface area (Å²) in [6.07, 6.45) is 2.83. The van der Waals surface area contributed by atoms with Crippen LogP contribution in [0, 0.1) is 0 Å². The molecule has 0 fully saturated rings.